The summed E-state index contributed by atoms with van der Waals surface area (Å²) in [7, 11) is 0. The van der Waals surface area contributed by atoms with Crippen molar-refractivity contribution in [1.82, 2.24) is 0 Å². The number of hydrogen-bond donors (Lipinski definition) is 0. The van der Waals surface area contributed by atoms with Crippen molar-refractivity contribution in [2.75, 3.05) is 4.43 Å². The number of aldehydes is 1. The molecule has 0 heterocycles. The molecule has 1 rings (SSSR count). The van der Waals surface area contributed by atoms with E-state index in [0.717, 1.165) is 4.47 Å². The SMILES string of the molecule is CC(CI)(N=CC=O)c1cc(Br)ccc1F. The fourth-order valence-electron chi connectivity index (χ4n) is 1.28. The minimum absolute atomic E-state index is 0.314. The summed E-state index contributed by atoms with van der Waals surface area (Å²) in [5.41, 5.74) is -0.232. The Morgan fingerprint density at radius 3 is 2.88 bits per heavy atom. The second-order valence-electron chi connectivity index (χ2n) is 3.45. The first-order valence-corrected chi connectivity index (χ1v) is 6.86. The summed E-state index contributed by atoms with van der Waals surface area (Å²) in [6.07, 6.45) is 1.76. The van der Waals surface area contributed by atoms with Crippen molar-refractivity contribution in [3.05, 3.63) is 34.1 Å². The number of carbonyl (C=O) groups is 1. The van der Waals surface area contributed by atoms with Crippen molar-refractivity contribution in [2.45, 2.75) is 12.5 Å². The van der Waals surface area contributed by atoms with Gasteiger partial charge < -0.3 is 0 Å². The molecule has 2 nitrogen and oxygen atoms in total. The van der Waals surface area contributed by atoms with Crippen LogP contribution in [0.15, 0.2) is 27.7 Å². The lowest BCUT2D eigenvalue weighted by atomic mass is 9.94. The van der Waals surface area contributed by atoms with Gasteiger partial charge in [-0.3, -0.25) is 9.79 Å². The molecule has 0 aliphatic rings. The molecule has 86 valence electrons. The normalized spacial score (nSPS) is 15.0. The van der Waals surface area contributed by atoms with Crippen LogP contribution >= 0.6 is 38.5 Å². The van der Waals surface area contributed by atoms with E-state index in [1.165, 1.54) is 12.3 Å². The second kappa shape index (κ2) is 5.86. The summed E-state index contributed by atoms with van der Waals surface area (Å²) in [6, 6.07) is 4.71. The minimum atomic E-state index is -0.713. The second-order valence-corrected chi connectivity index (χ2v) is 5.12. The molecule has 1 unspecified atom stereocenters. The third-order valence-corrected chi connectivity index (χ3v) is 4.17. The molecule has 1 aromatic carbocycles. The highest BCUT2D eigenvalue weighted by Crippen LogP contribution is 2.31. The molecule has 0 saturated carbocycles. The van der Waals surface area contributed by atoms with E-state index in [0.29, 0.717) is 16.3 Å². The smallest absolute Gasteiger partial charge is 0.160 e. The molecular weight excluding hydrogens is 388 g/mol. The fraction of sp³-hybridized carbons (Fsp3) is 0.273. The lowest BCUT2D eigenvalue weighted by Crippen LogP contribution is -2.23. The van der Waals surface area contributed by atoms with Crippen molar-refractivity contribution < 1.29 is 9.18 Å². The predicted octanol–water partition coefficient (Wildman–Crippen LogP) is 3.51. The third-order valence-electron chi connectivity index (χ3n) is 2.19. The van der Waals surface area contributed by atoms with E-state index in [4.69, 9.17) is 0 Å². The molecule has 0 aliphatic carbocycles. The molecule has 0 bridgehead atoms. The Hall–Kier alpha value is -0.300. The van der Waals surface area contributed by atoms with Crippen LogP contribution in [0.25, 0.3) is 0 Å². The maximum absolute atomic E-state index is 13.7. The number of benzene rings is 1. The Balaban J connectivity index is 3.26. The molecule has 1 aromatic rings. The van der Waals surface area contributed by atoms with Gasteiger partial charge in [-0.05, 0) is 25.1 Å². The molecule has 5 heteroatoms. The molecule has 0 fully saturated rings. The lowest BCUT2D eigenvalue weighted by molar-refractivity contribution is -0.102. The third kappa shape index (κ3) is 3.10. The van der Waals surface area contributed by atoms with E-state index in [1.807, 2.05) is 0 Å². The van der Waals surface area contributed by atoms with Crippen LogP contribution in [0.1, 0.15) is 12.5 Å². The molecule has 0 radical (unpaired) electrons. The van der Waals surface area contributed by atoms with Gasteiger partial charge in [0.2, 0.25) is 0 Å². The first kappa shape index (κ1) is 13.8. The zero-order valence-electron chi connectivity index (χ0n) is 8.58. The highest BCUT2D eigenvalue weighted by atomic mass is 127. The summed E-state index contributed by atoms with van der Waals surface area (Å²) in [6.45, 7) is 1.80. The van der Waals surface area contributed by atoms with Crippen LogP contribution in [0, 0.1) is 5.82 Å². The van der Waals surface area contributed by atoms with Gasteiger partial charge in [0, 0.05) is 14.5 Å². The number of rotatable bonds is 4. The van der Waals surface area contributed by atoms with Gasteiger partial charge in [0.05, 0.1) is 11.8 Å². The molecule has 0 aliphatic heterocycles. The fourth-order valence-corrected chi connectivity index (χ4v) is 2.25. The van der Waals surface area contributed by atoms with E-state index in [1.54, 1.807) is 19.1 Å². The number of carbonyl (C=O) groups excluding carboxylic acids is 1. The Morgan fingerprint density at radius 2 is 2.31 bits per heavy atom. The first-order valence-electron chi connectivity index (χ1n) is 4.54. The standard InChI is InChI=1S/C11H10BrFINO/c1-11(7-14,15-4-5-16)9-6-8(12)2-3-10(9)13/h2-6H,7H2,1H3. The molecule has 1 atom stereocenters. The largest absolute Gasteiger partial charge is 0.297 e. The van der Waals surface area contributed by atoms with Crippen molar-refractivity contribution in [3.63, 3.8) is 0 Å². The van der Waals surface area contributed by atoms with Crippen molar-refractivity contribution >= 4 is 51.0 Å². The average Bonchev–Trinajstić information content (AvgIpc) is 2.29. The Labute approximate surface area is 116 Å². The zero-order chi connectivity index (χ0) is 12.2. The van der Waals surface area contributed by atoms with Crippen LogP contribution in [-0.4, -0.2) is 16.9 Å². The summed E-state index contributed by atoms with van der Waals surface area (Å²) in [5, 5.41) is 0. The van der Waals surface area contributed by atoms with Gasteiger partial charge >= 0.3 is 0 Å². The highest BCUT2D eigenvalue weighted by Gasteiger charge is 2.27. The van der Waals surface area contributed by atoms with Gasteiger partial charge in [-0.2, -0.15) is 0 Å². The van der Waals surface area contributed by atoms with Gasteiger partial charge in [-0.1, -0.05) is 38.5 Å². The monoisotopic (exact) mass is 397 g/mol. The minimum Gasteiger partial charge on any atom is -0.297 e. The highest BCUT2D eigenvalue weighted by molar-refractivity contribution is 14.1. The molecular formula is C11H10BrFINO. The number of halogens is 3. The van der Waals surface area contributed by atoms with Gasteiger partial charge in [-0.15, -0.1) is 0 Å². The average molecular weight is 398 g/mol. The summed E-state index contributed by atoms with van der Waals surface area (Å²) >= 11 is 5.42. The van der Waals surface area contributed by atoms with Crippen LogP contribution in [0.2, 0.25) is 0 Å². The van der Waals surface area contributed by atoms with Crippen molar-refractivity contribution in [3.8, 4) is 0 Å². The van der Waals surface area contributed by atoms with Crippen LogP contribution in [0.5, 0.6) is 0 Å². The summed E-state index contributed by atoms with van der Waals surface area (Å²) < 4.78 is 15.1. The predicted molar refractivity (Wildman–Crippen MR) is 74.9 cm³/mol. The van der Waals surface area contributed by atoms with Crippen molar-refractivity contribution in [2.24, 2.45) is 4.99 Å². The lowest BCUT2D eigenvalue weighted by Gasteiger charge is -2.23. The van der Waals surface area contributed by atoms with E-state index < -0.39 is 5.54 Å². The van der Waals surface area contributed by atoms with Gasteiger partial charge in [0.25, 0.3) is 0 Å². The van der Waals surface area contributed by atoms with Gasteiger partial charge in [0.15, 0.2) is 6.29 Å². The molecule has 0 aromatic heterocycles. The van der Waals surface area contributed by atoms with E-state index in [9.17, 15) is 9.18 Å². The zero-order valence-corrected chi connectivity index (χ0v) is 12.3. The van der Waals surface area contributed by atoms with Crippen molar-refractivity contribution in [1.29, 1.82) is 0 Å². The number of aliphatic imine (C=N–C) groups is 1. The number of hydrogen-bond acceptors (Lipinski definition) is 2. The van der Waals surface area contributed by atoms with Crippen LogP contribution in [0.4, 0.5) is 4.39 Å². The maximum Gasteiger partial charge on any atom is 0.160 e. The molecule has 0 N–H and O–H groups in total. The van der Waals surface area contributed by atoms with E-state index in [-0.39, 0.29) is 5.82 Å². The Morgan fingerprint density at radius 1 is 1.62 bits per heavy atom. The van der Waals surface area contributed by atoms with Crippen LogP contribution in [-0.2, 0) is 10.3 Å². The van der Waals surface area contributed by atoms with E-state index >= 15 is 0 Å². The molecule has 0 saturated heterocycles. The topological polar surface area (TPSA) is 29.4 Å². The number of nitrogens with zero attached hydrogens (tertiary/aromatic N) is 1. The van der Waals surface area contributed by atoms with Crippen LogP contribution in [0.3, 0.4) is 0 Å². The molecule has 0 amide bonds. The van der Waals surface area contributed by atoms with E-state index in [2.05, 4.69) is 43.5 Å². The summed E-state index contributed by atoms with van der Waals surface area (Å²) in [5.74, 6) is -0.314. The summed E-state index contributed by atoms with van der Waals surface area (Å²) in [4.78, 5) is 14.4. The Bertz CT molecular complexity index is 424. The maximum atomic E-state index is 13.7. The number of alkyl halides is 1. The van der Waals surface area contributed by atoms with Crippen LogP contribution < -0.4 is 0 Å². The molecule has 0 spiro atoms. The first-order chi connectivity index (χ1) is 7.53. The van der Waals surface area contributed by atoms with Gasteiger partial charge in [0.1, 0.15) is 5.82 Å². The Kier molecular flexibility index (Phi) is 5.04. The quantitative estimate of drug-likeness (QED) is 0.331. The van der Waals surface area contributed by atoms with Gasteiger partial charge in [-0.25, -0.2) is 4.39 Å². The molecule has 16 heavy (non-hydrogen) atoms.